The Morgan fingerprint density at radius 3 is 2.35 bits per heavy atom. The van der Waals surface area contributed by atoms with E-state index < -0.39 is 29.8 Å². The van der Waals surface area contributed by atoms with Crippen LogP contribution in [0.2, 0.25) is 0 Å². The summed E-state index contributed by atoms with van der Waals surface area (Å²) in [7, 11) is 1.18. The number of nitrogens with zero attached hydrogens (tertiary/aromatic N) is 2. The summed E-state index contributed by atoms with van der Waals surface area (Å²) in [6.45, 7) is 11.2. The number of hydrogen-bond donors (Lipinski definition) is 4. The molecule has 1 fully saturated rings. The highest BCUT2D eigenvalue weighted by Gasteiger charge is 2.52. The van der Waals surface area contributed by atoms with E-state index in [1.807, 2.05) is 27.7 Å². The van der Waals surface area contributed by atoms with Gasteiger partial charge in [-0.3, -0.25) is 19.4 Å². The van der Waals surface area contributed by atoms with Gasteiger partial charge < -0.3 is 34.9 Å². The minimum Gasteiger partial charge on any atom is -0.488 e. The van der Waals surface area contributed by atoms with Crippen molar-refractivity contribution < 1.29 is 43.6 Å². The van der Waals surface area contributed by atoms with Gasteiger partial charge in [-0.1, -0.05) is 24.3 Å². The number of aldehydes is 1. The Morgan fingerprint density at radius 1 is 1.14 bits per heavy atom. The number of carbonyl (C=O) groups excluding carboxylic acids is 3. The van der Waals surface area contributed by atoms with Crippen molar-refractivity contribution in [2.24, 2.45) is 0 Å². The van der Waals surface area contributed by atoms with Gasteiger partial charge in [0.25, 0.3) is 11.8 Å². The maximum Gasteiger partial charge on any atom is 0.283 e. The fraction of sp³-hybridized carbons (Fsp3) is 0.516. The summed E-state index contributed by atoms with van der Waals surface area (Å²) in [4.78, 5) is 38.0. The largest absolute Gasteiger partial charge is 0.488 e. The van der Waals surface area contributed by atoms with Crippen LogP contribution in [0.25, 0.3) is 0 Å². The molecule has 1 unspecified atom stereocenters. The normalized spacial score (nSPS) is 17.9. The number of nitrogens with one attached hydrogen (secondary N) is 1. The topological polar surface area (TPSA) is 149 Å². The standard InChI is InChI=1S/C31H42FN3O8/c1-21-9-7-10-25(26(21)31(40,41)35(20-37)30(39,13-8-14-36)27(38)33-6)42-17-23-12-11-22(15-24(23)32)16-34-18-28(2,3)43-29(4,5)19-34/h7,9-12,14-15,20,39-41H,8,13,16-19H2,1-6H3,(H,33,38). The third kappa shape index (κ3) is 7.76. The lowest BCUT2D eigenvalue weighted by Gasteiger charge is -2.47. The maximum atomic E-state index is 15.2. The van der Waals surface area contributed by atoms with Crippen LogP contribution in [0.3, 0.4) is 0 Å². The van der Waals surface area contributed by atoms with Gasteiger partial charge in [0.1, 0.15) is 24.5 Å². The smallest absolute Gasteiger partial charge is 0.283 e. The van der Waals surface area contributed by atoms with E-state index in [4.69, 9.17) is 9.47 Å². The van der Waals surface area contributed by atoms with Crippen molar-refractivity contribution >= 4 is 18.6 Å². The van der Waals surface area contributed by atoms with Crippen LogP contribution in [0.4, 0.5) is 4.39 Å². The molecule has 2 aromatic carbocycles. The van der Waals surface area contributed by atoms with Crippen molar-refractivity contribution in [1.29, 1.82) is 0 Å². The first-order chi connectivity index (χ1) is 20.0. The summed E-state index contributed by atoms with van der Waals surface area (Å²) in [6, 6.07) is 9.24. The molecule has 0 aliphatic carbocycles. The lowest BCUT2D eigenvalue weighted by molar-refractivity contribution is -0.312. The maximum absolute atomic E-state index is 15.2. The van der Waals surface area contributed by atoms with Crippen LogP contribution < -0.4 is 10.1 Å². The molecule has 1 aliphatic rings. The molecule has 0 radical (unpaired) electrons. The fourth-order valence-electron chi connectivity index (χ4n) is 5.81. The molecule has 4 N–H and O–H groups in total. The minimum atomic E-state index is -3.27. The average molecular weight is 604 g/mol. The number of morpholine rings is 1. The van der Waals surface area contributed by atoms with Crippen LogP contribution in [-0.4, -0.2) is 80.8 Å². The number of rotatable bonds is 13. The van der Waals surface area contributed by atoms with Gasteiger partial charge in [0.2, 0.25) is 12.1 Å². The summed E-state index contributed by atoms with van der Waals surface area (Å²) in [6.07, 6.45) is -0.669. The van der Waals surface area contributed by atoms with Crippen LogP contribution in [0.15, 0.2) is 36.4 Å². The number of aryl methyl sites for hydroxylation is 1. The van der Waals surface area contributed by atoms with Gasteiger partial charge >= 0.3 is 0 Å². The second-order valence-corrected chi connectivity index (χ2v) is 12.1. The second-order valence-electron chi connectivity index (χ2n) is 12.1. The van der Waals surface area contributed by atoms with Gasteiger partial charge in [-0.05, 0) is 57.9 Å². The van der Waals surface area contributed by atoms with Crippen LogP contribution in [0, 0.1) is 12.7 Å². The summed E-state index contributed by atoms with van der Waals surface area (Å²) < 4.78 is 27.2. The molecule has 43 heavy (non-hydrogen) atoms. The van der Waals surface area contributed by atoms with Crippen molar-refractivity contribution in [1.82, 2.24) is 15.1 Å². The predicted octanol–water partition coefficient (Wildman–Crippen LogP) is 2.07. The molecule has 0 saturated carbocycles. The van der Waals surface area contributed by atoms with Crippen molar-refractivity contribution in [3.05, 3.63) is 64.5 Å². The molecule has 1 atom stereocenters. The highest BCUT2D eigenvalue weighted by Crippen LogP contribution is 2.38. The number of aliphatic hydroxyl groups is 3. The molecule has 0 bridgehead atoms. The lowest BCUT2D eigenvalue weighted by atomic mass is 9.98. The third-order valence-electron chi connectivity index (χ3n) is 7.28. The van der Waals surface area contributed by atoms with Gasteiger partial charge in [0, 0.05) is 45.1 Å². The lowest BCUT2D eigenvalue weighted by Crippen LogP contribution is -2.65. The zero-order valence-corrected chi connectivity index (χ0v) is 25.5. The van der Waals surface area contributed by atoms with E-state index in [1.54, 1.807) is 18.2 Å². The quantitative estimate of drug-likeness (QED) is 0.199. The molecule has 12 heteroatoms. The molecular formula is C31H42FN3O8. The van der Waals surface area contributed by atoms with Crippen molar-refractivity contribution in [3.63, 3.8) is 0 Å². The van der Waals surface area contributed by atoms with E-state index in [-0.39, 0.29) is 58.0 Å². The zero-order chi connectivity index (χ0) is 32.2. The Bertz CT molecular complexity index is 1320. The Kier molecular flexibility index (Phi) is 10.4. The van der Waals surface area contributed by atoms with Gasteiger partial charge in [0.05, 0.1) is 16.8 Å². The number of amides is 2. The summed E-state index contributed by atoms with van der Waals surface area (Å²) in [5, 5.41) is 35.8. The van der Waals surface area contributed by atoms with E-state index in [2.05, 4.69) is 10.2 Å². The van der Waals surface area contributed by atoms with Crippen molar-refractivity contribution in [3.8, 4) is 5.75 Å². The van der Waals surface area contributed by atoms with Crippen LogP contribution >= 0.6 is 0 Å². The van der Waals surface area contributed by atoms with Crippen LogP contribution in [0.5, 0.6) is 5.75 Å². The molecule has 3 rings (SSSR count). The first kappa shape index (κ1) is 34.1. The summed E-state index contributed by atoms with van der Waals surface area (Å²) in [5.74, 6) is -5.06. The Morgan fingerprint density at radius 2 is 1.79 bits per heavy atom. The number of carbonyl (C=O) groups is 3. The monoisotopic (exact) mass is 603 g/mol. The number of halogens is 1. The molecule has 0 aromatic heterocycles. The van der Waals surface area contributed by atoms with Crippen molar-refractivity contribution in [2.75, 3.05) is 20.1 Å². The van der Waals surface area contributed by atoms with E-state index in [0.29, 0.717) is 25.9 Å². The number of likely N-dealkylation sites (N-methyl/N-ethyl adjacent to an activating group) is 1. The Labute approximate surface area is 251 Å². The van der Waals surface area contributed by atoms with Gasteiger partial charge in [0.15, 0.2) is 0 Å². The highest BCUT2D eigenvalue weighted by atomic mass is 19.1. The van der Waals surface area contributed by atoms with Crippen molar-refractivity contribution in [2.45, 2.75) is 83.5 Å². The van der Waals surface area contributed by atoms with E-state index in [0.717, 1.165) is 5.56 Å². The molecule has 1 saturated heterocycles. The number of hydrogen-bond acceptors (Lipinski definition) is 9. The first-order valence-electron chi connectivity index (χ1n) is 14.0. The van der Waals surface area contributed by atoms with E-state index in [9.17, 15) is 29.7 Å². The van der Waals surface area contributed by atoms with E-state index >= 15 is 4.39 Å². The van der Waals surface area contributed by atoms with E-state index in [1.165, 1.54) is 32.2 Å². The Hall–Kier alpha value is -3.42. The predicted molar refractivity (Wildman–Crippen MR) is 155 cm³/mol. The number of benzene rings is 2. The minimum absolute atomic E-state index is 0.106. The van der Waals surface area contributed by atoms with Gasteiger partial charge in [-0.15, -0.1) is 0 Å². The fourth-order valence-corrected chi connectivity index (χ4v) is 5.81. The SMILES string of the molecule is CNC(=O)C(O)(CCC=O)N(C=O)C(O)(O)c1c(C)cccc1OCc1ccc(CN2CC(C)(C)OC(C)(C)C2)cc1F. The second kappa shape index (κ2) is 13.1. The molecular weight excluding hydrogens is 561 g/mol. The summed E-state index contributed by atoms with van der Waals surface area (Å²) >= 11 is 0. The number of ether oxygens (including phenoxy) is 2. The first-order valence-corrected chi connectivity index (χ1v) is 14.0. The third-order valence-corrected chi connectivity index (χ3v) is 7.28. The zero-order valence-electron chi connectivity index (χ0n) is 25.5. The average Bonchev–Trinajstić information content (AvgIpc) is 2.89. The van der Waals surface area contributed by atoms with Crippen LogP contribution in [-0.2, 0) is 38.2 Å². The highest BCUT2D eigenvalue weighted by molar-refractivity contribution is 5.86. The van der Waals surface area contributed by atoms with Crippen LogP contribution in [0.1, 0.15) is 62.8 Å². The molecule has 1 heterocycles. The molecule has 2 amide bonds. The van der Waals surface area contributed by atoms with Gasteiger partial charge in [-0.25, -0.2) is 4.39 Å². The molecule has 0 spiro atoms. The summed E-state index contributed by atoms with van der Waals surface area (Å²) in [5.41, 5.74) is -2.66. The molecule has 2 aromatic rings. The molecule has 11 nitrogen and oxygen atoms in total. The molecule has 236 valence electrons. The Balaban J connectivity index is 1.86. The van der Waals surface area contributed by atoms with Gasteiger partial charge in [-0.2, -0.15) is 0 Å². The molecule has 1 aliphatic heterocycles.